The molecule has 10 nitrogen and oxygen atoms in total. The fourth-order valence-corrected chi connectivity index (χ4v) is 5.39. The summed E-state index contributed by atoms with van der Waals surface area (Å²) in [7, 11) is -4.32. The summed E-state index contributed by atoms with van der Waals surface area (Å²) >= 11 is 0. The zero-order valence-corrected chi connectivity index (χ0v) is 22.6. The number of carbonyl (C=O) groups excluding carboxylic acids is 1. The predicted molar refractivity (Wildman–Crippen MR) is 139 cm³/mol. The summed E-state index contributed by atoms with van der Waals surface area (Å²) in [6.07, 6.45) is 0.397. The number of nitrogens with one attached hydrogen (secondary N) is 2. The number of ether oxygens (including phenoxy) is 1. The fourth-order valence-electron chi connectivity index (χ4n) is 4.29. The van der Waals surface area contributed by atoms with Gasteiger partial charge >= 0.3 is 0 Å². The molecule has 2 N–H and O–H groups in total. The molecule has 0 saturated heterocycles. The quantitative estimate of drug-likeness (QED) is 0.460. The Morgan fingerprint density at radius 2 is 2.11 bits per heavy atom. The molecule has 1 fully saturated rings. The number of aromatic nitrogens is 5. The van der Waals surface area contributed by atoms with Crippen LogP contribution in [0.5, 0.6) is 5.88 Å². The van der Waals surface area contributed by atoms with Crippen molar-refractivity contribution in [2.45, 2.75) is 72.0 Å². The van der Waals surface area contributed by atoms with Crippen molar-refractivity contribution in [1.82, 2.24) is 29.7 Å². The molecule has 3 aromatic rings. The first-order valence-electron chi connectivity index (χ1n) is 14.4. The molecule has 1 aliphatic carbocycles. The van der Waals surface area contributed by atoms with Crippen LogP contribution in [-0.2, 0) is 10.0 Å². The van der Waals surface area contributed by atoms with Crippen LogP contribution in [0, 0.1) is 23.7 Å². The number of pyridine rings is 1. The molecule has 4 rings (SSSR count). The number of sulfonamides is 1. The highest BCUT2D eigenvalue weighted by Crippen LogP contribution is 2.51. The molecule has 0 spiro atoms. The SMILES string of the molecule is [2H]C([2H])([2H])[C@@H]1CC(c2nc(-n3ccc(OCC(C)(C)C)n3)ccc2C(=O)NS(=O)(=O)c2cn[nH]c2C)C(C)(C)C1([2H])[2H]. The second kappa shape index (κ2) is 9.59. The average Bonchev–Trinajstić information content (AvgIpc) is 3.54. The Kier molecular flexibility index (Phi) is 5.39. The minimum Gasteiger partial charge on any atom is -0.476 e. The lowest BCUT2D eigenvalue weighted by Crippen LogP contribution is -2.33. The van der Waals surface area contributed by atoms with Gasteiger partial charge in [0.1, 0.15) is 4.90 Å². The molecular formula is C26H36N6O4S. The van der Waals surface area contributed by atoms with Crippen molar-refractivity contribution in [1.29, 1.82) is 0 Å². The maximum absolute atomic E-state index is 13.5. The van der Waals surface area contributed by atoms with E-state index in [1.54, 1.807) is 26.1 Å². The van der Waals surface area contributed by atoms with Crippen LogP contribution in [0.3, 0.4) is 0 Å². The van der Waals surface area contributed by atoms with E-state index >= 15 is 0 Å². The van der Waals surface area contributed by atoms with E-state index in [-0.39, 0.29) is 39.5 Å². The minimum atomic E-state index is -4.32. The molecule has 3 heterocycles. The highest BCUT2D eigenvalue weighted by atomic mass is 32.2. The largest absolute Gasteiger partial charge is 0.476 e. The summed E-state index contributed by atoms with van der Waals surface area (Å²) in [5.41, 5.74) is -1.22. The highest BCUT2D eigenvalue weighted by molar-refractivity contribution is 7.90. The lowest BCUT2D eigenvalue weighted by atomic mass is 9.78. The van der Waals surface area contributed by atoms with Gasteiger partial charge in [0, 0.05) is 25.0 Å². The number of carbonyl (C=O) groups is 1. The third-order valence-corrected chi connectivity index (χ3v) is 7.57. The Balaban J connectivity index is 1.80. The van der Waals surface area contributed by atoms with E-state index in [1.807, 2.05) is 25.5 Å². The topological polar surface area (TPSA) is 132 Å². The Morgan fingerprint density at radius 3 is 2.73 bits per heavy atom. The Hall–Kier alpha value is -3.21. The lowest BCUT2D eigenvalue weighted by molar-refractivity contribution is 0.0978. The van der Waals surface area contributed by atoms with Crippen molar-refractivity contribution in [2.24, 2.45) is 16.7 Å². The van der Waals surface area contributed by atoms with Gasteiger partial charge in [0.25, 0.3) is 15.9 Å². The molecule has 1 unspecified atom stereocenters. The number of hydrogen-bond acceptors (Lipinski definition) is 7. The van der Waals surface area contributed by atoms with Gasteiger partial charge in [-0.25, -0.2) is 22.8 Å². The van der Waals surface area contributed by atoms with Crippen LogP contribution in [-0.4, -0.2) is 45.9 Å². The Labute approximate surface area is 225 Å². The van der Waals surface area contributed by atoms with Crippen molar-refractivity contribution >= 4 is 15.9 Å². The van der Waals surface area contributed by atoms with Gasteiger partial charge < -0.3 is 4.74 Å². The van der Waals surface area contributed by atoms with E-state index in [2.05, 4.69) is 20.3 Å². The molecule has 1 saturated carbocycles. The molecule has 1 aliphatic rings. The molecule has 0 radical (unpaired) electrons. The van der Waals surface area contributed by atoms with Crippen LogP contribution in [0.4, 0.5) is 0 Å². The molecule has 37 heavy (non-hydrogen) atoms. The molecule has 2 atom stereocenters. The standard InChI is InChI=1S/C26H36N6O4S/c1-16-12-19(26(6,7)13-16)23-18(24(33)31-37(34,35)20-14-27-29-17(20)2)8-9-21(28-23)32-11-10-22(30-32)36-15-25(3,4)5/h8-11,14,16,19H,12-13,15H2,1-7H3,(H,27,29)(H,31,33)/t16-,19?/m1/s1/i1D3,13D2. The molecule has 1 amide bonds. The van der Waals surface area contributed by atoms with Gasteiger partial charge in [-0.15, -0.1) is 5.10 Å². The Morgan fingerprint density at radius 1 is 1.35 bits per heavy atom. The first-order valence-corrected chi connectivity index (χ1v) is 13.4. The maximum atomic E-state index is 13.5. The molecule has 0 aliphatic heterocycles. The van der Waals surface area contributed by atoms with E-state index in [0.717, 1.165) is 6.20 Å². The van der Waals surface area contributed by atoms with Gasteiger partial charge in [-0.1, -0.05) is 41.5 Å². The summed E-state index contributed by atoms with van der Waals surface area (Å²) in [6.45, 7) is 8.54. The third kappa shape index (κ3) is 5.87. The normalized spacial score (nSPS) is 23.4. The average molecular weight is 534 g/mol. The third-order valence-electron chi connectivity index (χ3n) is 6.13. The first kappa shape index (κ1) is 20.8. The van der Waals surface area contributed by atoms with Crippen molar-refractivity contribution in [3.8, 4) is 11.7 Å². The van der Waals surface area contributed by atoms with Crippen molar-refractivity contribution in [3.63, 3.8) is 0 Å². The van der Waals surface area contributed by atoms with Crippen LogP contribution in [0.1, 0.15) is 88.8 Å². The van der Waals surface area contributed by atoms with Gasteiger partial charge in [-0.05, 0) is 48.6 Å². The number of H-pyrrole nitrogens is 1. The number of hydrogen-bond donors (Lipinski definition) is 2. The molecular weight excluding hydrogens is 492 g/mol. The van der Waals surface area contributed by atoms with Crippen LogP contribution in [0.15, 0.2) is 35.5 Å². The molecule has 0 bridgehead atoms. The summed E-state index contributed by atoms with van der Waals surface area (Å²) in [6, 6.07) is 4.51. The van der Waals surface area contributed by atoms with Crippen LogP contribution in [0.2, 0.25) is 0 Å². The summed E-state index contributed by atoms with van der Waals surface area (Å²) in [4.78, 5) is 18.0. The number of rotatable bonds is 7. The fraction of sp³-hybridized carbons (Fsp3) is 0.538. The zero-order chi connectivity index (χ0) is 31.5. The van der Waals surface area contributed by atoms with Gasteiger partial charge in [0.05, 0.1) is 29.8 Å². The van der Waals surface area contributed by atoms with Crippen molar-refractivity contribution < 1.29 is 24.8 Å². The van der Waals surface area contributed by atoms with Gasteiger partial charge in [0.15, 0.2) is 5.82 Å². The molecule has 3 aromatic heterocycles. The molecule has 0 aromatic carbocycles. The summed E-state index contributed by atoms with van der Waals surface area (Å²) < 4.78 is 76.8. The second-order valence-electron chi connectivity index (χ2n) is 11.1. The van der Waals surface area contributed by atoms with Gasteiger partial charge in [-0.2, -0.15) is 5.10 Å². The van der Waals surface area contributed by atoms with Crippen molar-refractivity contribution in [2.75, 3.05) is 6.61 Å². The van der Waals surface area contributed by atoms with Gasteiger partial charge in [0.2, 0.25) is 5.88 Å². The number of nitrogens with zero attached hydrogens (tertiary/aromatic N) is 4. The van der Waals surface area contributed by atoms with Gasteiger partial charge in [-0.3, -0.25) is 9.89 Å². The highest BCUT2D eigenvalue weighted by Gasteiger charge is 2.42. The smallest absolute Gasteiger partial charge is 0.267 e. The predicted octanol–water partition coefficient (Wildman–Crippen LogP) is 4.38. The van der Waals surface area contributed by atoms with Crippen LogP contribution < -0.4 is 9.46 Å². The number of amides is 1. The maximum Gasteiger partial charge on any atom is 0.267 e. The van der Waals surface area contributed by atoms with E-state index in [4.69, 9.17) is 11.6 Å². The lowest BCUT2D eigenvalue weighted by Gasteiger charge is -2.28. The molecule has 200 valence electrons. The van der Waals surface area contributed by atoms with E-state index in [9.17, 15) is 13.2 Å². The summed E-state index contributed by atoms with van der Waals surface area (Å²) in [5.74, 6) is -2.59. The first-order chi connectivity index (χ1) is 19.1. The minimum absolute atomic E-state index is 0.0670. The van der Waals surface area contributed by atoms with E-state index < -0.39 is 46.4 Å². The van der Waals surface area contributed by atoms with Crippen LogP contribution in [0.25, 0.3) is 5.82 Å². The van der Waals surface area contributed by atoms with Crippen LogP contribution >= 0.6 is 0 Å². The zero-order valence-electron chi connectivity index (χ0n) is 26.8. The second-order valence-corrected chi connectivity index (χ2v) is 12.7. The molecule has 11 heteroatoms. The Bertz CT molecular complexity index is 1590. The van der Waals surface area contributed by atoms with E-state index in [1.165, 1.54) is 23.7 Å². The number of aryl methyl sites for hydroxylation is 1. The monoisotopic (exact) mass is 533 g/mol. The van der Waals surface area contributed by atoms with E-state index in [0.29, 0.717) is 12.5 Å². The number of aromatic amines is 1. The van der Waals surface area contributed by atoms with Crippen molar-refractivity contribution in [3.05, 3.63) is 47.5 Å². The summed E-state index contributed by atoms with van der Waals surface area (Å²) in [5, 5.41) is 10.6.